The normalized spacial score (nSPS) is 19.8. The molecule has 0 bridgehead atoms. The monoisotopic (exact) mass is 367 g/mol. The molecule has 1 aromatic carbocycles. The highest BCUT2D eigenvalue weighted by molar-refractivity contribution is 9.10. The maximum atomic E-state index is 13.1. The Bertz CT molecular complexity index is 594. The summed E-state index contributed by atoms with van der Waals surface area (Å²) >= 11 is 3.31. The van der Waals surface area contributed by atoms with Crippen LogP contribution in [0.15, 0.2) is 27.6 Å². The summed E-state index contributed by atoms with van der Waals surface area (Å²) in [5.41, 5.74) is 0.729. The molecule has 0 saturated heterocycles. The number of alkyl halides is 2. The first-order valence-electron chi connectivity index (χ1n) is 6.31. The topological polar surface area (TPSA) is 46.2 Å². The Morgan fingerprint density at radius 2 is 1.90 bits per heavy atom. The highest BCUT2D eigenvalue weighted by Crippen LogP contribution is 2.35. The van der Waals surface area contributed by atoms with Gasteiger partial charge in [-0.2, -0.15) is 0 Å². The number of sulfone groups is 1. The molecule has 2 rings (SSSR count). The second-order valence-corrected chi connectivity index (χ2v) is 8.06. The summed E-state index contributed by atoms with van der Waals surface area (Å²) in [6, 6.07) is 4.69. The van der Waals surface area contributed by atoms with Crippen LogP contribution in [-0.2, 0) is 9.84 Å². The molecule has 0 spiro atoms. The maximum Gasteiger partial charge on any atom is 0.248 e. The Hall–Kier alpha value is -0.690. The van der Waals surface area contributed by atoms with Crippen molar-refractivity contribution in [3.63, 3.8) is 0 Å². The van der Waals surface area contributed by atoms with E-state index in [9.17, 15) is 17.2 Å². The van der Waals surface area contributed by atoms with Crippen LogP contribution in [0.25, 0.3) is 0 Å². The van der Waals surface area contributed by atoms with Gasteiger partial charge in [0.25, 0.3) is 0 Å². The van der Waals surface area contributed by atoms with E-state index in [1.54, 1.807) is 6.07 Å². The van der Waals surface area contributed by atoms with Gasteiger partial charge in [-0.15, -0.1) is 0 Å². The van der Waals surface area contributed by atoms with Crippen molar-refractivity contribution in [2.45, 2.75) is 42.5 Å². The number of rotatable bonds is 3. The molecular formula is C13H16BrF2NO2S. The van der Waals surface area contributed by atoms with Crippen LogP contribution in [0.2, 0.25) is 0 Å². The Morgan fingerprint density at radius 3 is 2.40 bits per heavy atom. The molecule has 0 aromatic heterocycles. The molecule has 0 radical (unpaired) electrons. The summed E-state index contributed by atoms with van der Waals surface area (Å²) in [6.45, 7) is 0. The van der Waals surface area contributed by atoms with Crippen molar-refractivity contribution < 1.29 is 17.2 Å². The average Bonchev–Trinajstić information content (AvgIpc) is 2.33. The van der Waals surface area contributed by atoms with E-state index in [2.05, 4.69) is 21.2 Å². The summed E-state index contributed by atoms with van der Waals surface area (Å²) in [7, 11) is -3.25. The lowest BCUT2D eigenvalue weighted by Gasteiger charge is -2.29. The third kappa shape index (κ3) is 3.91. The Balaban J connectivity index is 2.08. The zero-order valence-corrected chi connectivity index (χ0v) is 13.4. The summed E-state index contributed by atoms with van der Waals surface area (Å²) in [5.74, 6) is -2.55. The van der Waals surface area contributed by atoms with E-state index in [-0.39, 0.29) is 23.8 Å². The molecule has 1 aliphatic carbocycles. The summed E-state index contributed by atoms with van der Waals surface area (Å²) in [6.07, 6.45) is 1.75. The lowest BCUT2D eigenvalue weighted by molar-refractivity contribution is -0.0360. The second-order valence-electron chi connectivity index (χ2n) is 5.19. The molecule has 20 heavy (non-hydrogen) atoms. The summed E-state index contributed by atoms with van der Waals surface area (Å²) < 4.78 is 49.6. The fourth-order valence-corrected chi connectivity index (χ4v) is 3.54. The number of benzene rings is 1. The first kappa shape index (κ1) is 15.7. The van der Waals surface area contributed by atoms with E-state index in [0.717, 1.165) is 11.9 Å². The van der Waals surface area contributed by atoms with Crippen LogP contribution < -0.4 is 5.32 Å². The Kier molecular flexibility index (Phi) is 4.39. The van der Waals surface area contributed by atoms with Gasteiger partial charge < -0.3 is 5.32 Å². The van der Waals surface area contributed by atoms with Crippen molar-refractivity contribution in [3.05, 3.63) is 22.7 Å². The number of hydrogen-bond acceptors (Lipinski definition) is 3. The summed E-state index contributed by atoms with van der Waals surface area (Å²) in [4.78, 5) is 0.227. The second kappa shape index (κ2) is 5.60. The molecular weight excluding hydrogens is 352 g/mol. The third-order valence-electron chi connectivity index (χ3n) is 3.45. The van der Waals surface area contributed by atoms with E-state index in [4.69, 9.17) is 0 Å². The average molecular weight is 368 g/mol. The Labute approximate surface area is 125 Å². The molecule has 0 atom stereocenters. The Morgan fingerprint density at radius 1 is 1.30 bits per heavy atom. The van der Waals surface area contributed by atoms with Gasteiger partial charge >= 0.3 is 0 Å². The van der Waals surface area contributed by atoms with Crippen LogP contribution >= 0.6 is 15.9 Å². The van der Waals surface area contributed by atoms with Gasteiger partial charge in [-0.3, -0.25) is 0 Å². The van der Waals surface area contributed by atoms with Crippen molar-refractivity contribution in [2.24, 2.45) is 0 Å². The number of anilines is 1. The number of halogens is 3. The van der Waals surface area contributed by atoms with E-state index < -0.39 is 15.8 Å². The summed E-state index contributed by atoms with van der Waals surface area (Å²) in [5, 5.41) is 3.19. The highest BCUT2D eigenvalue weighted by Gasteiger charge is 2.34. The zero-order valence-electron chi connectivity index (χ0n) is 11.0. The van der Waals surface area contributed by atoms with E-state index in [1.807, 2.05) is 0 Å². The molecule has 7 heteroatoms. The van der Waals surface area contributed by atoms with E-state index in [0.29, 0.717) is 17.3 Å². The van der Waals surface area contributed by atoms with Crippen LogP contribution in [-0.4, -0.2) is 26.6 Å². The van der Waals surface area contributed by atoms with Gasteiger partial charge in [0, 0.05) is 35.3 Å². The third-order valence-corrected chi connectivity index (χ3v) is 5.21. The van der Waals surface area contributed by atoms with Crippen LogP contribution in [0.4, 0.5) is 14.5 Å². The molecule has 0 unspecified atom stereocenters. The zero-order chi connectivity index (χ0) is 15.0. The van der Waals surface area contributed by atoms with Crippen molar-refractivity contribution in [2.75, 3.05) is 11.6 Å². The highest BCUT2D eigenvalue weighted by atomic mass is 79.9. The van der Waals surface area contributed by atoms with Gasteiger partial charge in [-0.05, 0) is 47.0 Å². The van der Waals surface area contributed by atoms with Gasteiger partial charge in [0.15, 0.2) is 9.84 Å². The van der Waals surface area contributed by atoms with E-state index in [1.165, 1.54) is 12.1 Å². The molecule has 1 saturated carbocycles. The minimum Gasteiger partial charge on any atom is -0.381 e. The van der Waals surface area contributed by atoms with Gasteiger partial charge in [-0.25, -0.2) is 17.2 Å². The van der Waals surface area contributed by atoms with Crippen LogP contribution in [0.1, 0.15) is 25.7 Å². The van der Waals surface area contributed by atoms with Crippen molar-refractivity contribution in [1.29, 1.82) is 0 Å². The lowest BCUT2D eigenvalue weighted by atomic mass is 9.92. The molecule has 112 valence electrons. The predicted molar refractivity (Wildman–Crippen MR) is 78.1 cm³/mol. The quantitative estimate of drug-likeness (QED) is 0.882. The minimum absolute atomic E-state index is 0.00462. The molecule has 0 heterocycles. The molecule has 3 nitrogen and oxygen atoms in total. The molecule has 1 N–H and O–H groups in total. The lowest BCUT2D eigenvalue weighted by Crippen LogP contribution is -2.32. The van der Waals surface area contributed by atoms with Crippen molar-refractivity contribution >= 4 is 31.5 Å². The maximum absolute atomic E-state index is 13.1. The SMILES string of the molecule is CS(=O)(=O)c1ccc(NC2CCC(F)(F)CC2)c(Br)c1. The minimum atomic E-state index is -3.25. The van der Waals surface area contributed by atoms with Crippen molar-refractivity contribution in [1.82, 2.24) is 0 Å². The van der Waals surface area contributed by atoms with Crippen LogP contribution in [0.5, 0.6) is 0 Å². The molecule has 0 amide bonds. The molecule has 1 aromatic rings. The molecule has 0 aliphatic heterocycles. The first-order chi connectivity index (χ1) is 9.17. The first-order valence-corrected chi connectivity index (χ1v) is 9.00. The van der Waals surface area contributed by atoms with Crippen LogP contribution in [0, 0.1) is 0 Å². The number of hydrogen-bond donors (Lipinski definition) is 1. The number of nitrogens with one attached hydrogen (secondary N) is 1. The predicted octanol–water partition coefficient (Wildman–Crippen LogP) is 3.84. The smallest absolute Gasteiger partial charge is 0.248 e. The van der Waals surface area contributed by atoms with Gasteiger partial charge in [-0.1, -0.05) is 0 Å². The van der Waals surface area contributed by atoms with Crippen LogP contribution in [0.3, 0.4) is 0 Å². The fraction of sp³-hybridized carbons (Fsp3) is 0.538. The van der Waals surface area contributed by atoms with Gasteiger partial charge in [0.05, 0.1) is 4.90 Å². The van der Waals surface area contributed by atoms with Crippen molar-refractivity contribution in [3.8, 4) is 0 Å². The standard InChI is InChI=1S/C13H16BrF2NO2S/c1-20(18,19)10-2-3-12(11(14)8-10)17-9-4-6-13(15,16)7-5-9/h2-3,8-9,17H,4-7H2,1H3. The fourth-order valence-electron chi connectivity index (χ4n) is 2.25. The van der Waals surface area contributed by atoms with Gasteiger partial charge in [0.1, 0.15) is 0 Å². The molecule has 1 aliphatic rings. The molecule has 1 fully saturated rings. The van der Waals surface area contributed by atoms with Gasteiger partial charge in [0.2, 0.25) is 5.92 Å². The van der Waals surface area contributed by atoms with E-state index >= 15 is 0 Å². The largest absolute Gasteiger partial charge is 0.381 e.